The number of ether oxygens (including phenoxy) is 1. The molecule has 0 radical (unpaired) electrons. The summed E-state index contributed by atoms with van der Waals surface area (Å²) in [5, 5.41) is 28.5. The molecule has 186 valence electrons. The summed E-state index contributed by atoms with van der Waals surface area (Å²) in [7, 11) is 3.30. The van der Waals surface area contributed by atoms with E-state index in [0.29, 0.717) is 57.0 Å². The van der Waals surface area contributed by atoms with Gasteiger partial charge in [0.05, 0.1) is 31.1 Å². The summed E-state index contributed by atoms with van der Waals surface area (Å²) >= 11 is 0. The minimum Gasteiger partial charge on any atom is -0.494 e. The lowest BCUT2D eigenvalue weighted by Gasteiger charge is -2.15. The highest BCUT2D eigenvalue weighted by atomic mass is 16.5. The summed E-state index contributed by atoms with van der Waals surface area (Å²) in [6.45, 7) is 5.93. The monoisotopic (exact) mass is 495 g/mol. The van der Waals surface area contributed by atoms with Gasteiger partial charge in [0.2, 0.25) is 5.82 Å². The van der Waals surface area contributed by atoms with Gasteiger partial charge in [-0.2, -0.15) is 10.1 Å². The third-order valence-corrected chi connectivity index (χ3v) is 5.72. The van der Waals surface area contributed by atoms with Crippen LogP contribution >= 0.6 is 0 Å². The van der Waals surface area contributed by atoms with Gasteiger partial charge in [-0.1, -0.05) is 26.0 Å². The number of fused-ring (bicyclic) bond motifs is 1. The molecule has 0 spiro atoms. The van der Waals surface area contributed by atoms with Crippen molar-refractivity contribution in [1.82, 2.24) is 40.1 Å². The van der Waals surface area contributed by atoms with E-state index in [1.165, 1.54) is 4.80 Å². The number of nitrogens with zero attached hydrogens (tertiary/aromatic N) is 8. The number of benzene rings is 1. The van der Waals surface area contributed by atoms with Crippen LogP contribution in [-0.4, -0.2) is 47.3 Å². The fourth-order valence-electron chi connectivity index (χ4n) is 4.06. The van der Waals surface area contributed by atoms with Crippen LogP contribution < -0.4 is 15.4 Å². The molecule has 0 aliphatic rings. The summed E-state index contributed by atoms with van der Waals surface area (Å²) in [6.07, 6.45) is 0. The van der Waals surface area contributed by atoms with Gasteiger partial charge >= 0.3 is 0 Å². The van der Waals surface area contributed by atoms with Crippen LogP contribution in [0.4, 0.5) is 23.0 Å². The Hall–Kier alpha value is -5.05. The molecule has 37 heavy (non-hydrogen) atoms. The zero-order chi connectivity index (χ0) is 26.1. The fraction of sp³-hybridized carbons (Fsp3) is 0.240. The summed E-state index contributed by atoms with van der Waals surface area (Å²) < 4.78 is 5.73. The average Bonchev–Trinajstić information content (AvgIpc) is 3.48. The van der Waals surface area contributed by atoms with E-state index in [1.807, 2.05) is 57.2 Å². The summed E-state index contributed by atoms with van der Waals surface area (Å²) in [4.78, 5) is 18.3. The van der Waals surface area contributed by atoms with Crippen molar-refractivity contribution in [3.63, 3.8) is 0 Å². The molecule has 4 heterocycles. The van der Waals surface area contributed by atoms with Gasteiger partial charge in [0.25, 0.3) is 0 Å². The van der Waals surface area contributed by atoms with Crippen molar-refractivity contribution in [2.75, 3.05) is 17.7 Å². The third-order valence-electron chi connectivity index (χ3n) is 5.72. The summed E-state index contributed by atoms with van der Waals surface area (Å²) in [6, 6.07) is 13.4. The van der Waals surface area contributed by atoms with Gasteiger partial charge in [0.15, 0.2) is 11.4 Å². The second-order valence-corrected chi connectivity index (χ2v) is 8.71. The Morgan fingerprint density at radius 1 is 1.05 bits per heavy atom. The maximum absolute atomic E-state index is 9.56. The number of hydrogen-bond acceptors (Lipinski definition) is 10. The molecule has 1 aromatic carbocycles. The maximum atomic E-state index is 9.56. The van der Waals surface area contributed by atoms with Gasteiger partial charge in [-0.25, -0.2) is 15.0 Å². The first-order valence-corrected chi connectivity index (χ1v) is 11.6. The number of rotatable bonds is 7. The molecule has 4 aromatic heterocycles. The highest BCUT2D eigenvalue weighted by Gasteiger charge is 2.18. The van der Waals surface area contributed by atoms with Gasteiger partial charge in [0, 0.05) is 6.07 Å². The average molecular weight is 496 g/mol. The van der Waals surface area contributed by atoms with E-state index in [2.05, 4.69) is 52.0 Å². The maximum Gasteiger partial charge on any atom is 0.208 e. The van der Waals surface area contributed by atoms with Crippen molar-refractivity contribution in [3.8, 4) is 23.2 Å². The first-order chi connectivity index (χ1) is 17.9. The SMILES string of the molecule is COc1c(Nc2cc(Nc3ccc(C(C)C)c(C#N)n3)nc3[nH]c(C)nc23)cccc1-c1nnn(C)n1. The van der Waals surface area contributed by atoms with Crippen LogP contribution in [-0.2, 0) is 7.05 Å². The van der Waals surface area contributed by atoms with E-state index < -0.39 is 0 Å². The first kappa shape index (κ1) is 23.7. The lowest BCUT2D eigenvalue weighted by atomic mass is 10.0. The predicted molar refractivity (Wildman–Crippen MR) is 139 cm³/mol. The largest absolute Gasteiger partial charge is 0.494 e. The number of para-hydroxylation sites is 1. The number of nitriles is 1. The number of nitrogens with one attached hydrogen (secondary N) is 3. The molecule has 0 amide bonds. The number of aromatic nitrogens is 8. The molecule has 0 fully saturated rings. The smallest absolute Gasteiger partial charge is 0.208 e. The number of hydrogen-bond donors (Lipinski definition) is 3. The Labute approximate surface area is 212 Å². The van der Waals surface area contributed by atoms with Gasteiger partial charge in [0.1, 0.15) is 34.7 Å². The number of aromatic amines is 1. The summed E-state index contributed by atoms with van der Waals surface area (Å²) in [5.41, 5.74) is 4.62. The van der Waals surface area contributed by atoms with Crippen molar-refractivity contribution in [2.24, 2.45) is 7.05 Å². The normalized spacial score (nSPS) is 11.1. The molecule has 5 aromatic rings. The Morgan fingerprint density at radius 2 is 1.89 bits per heavy atom. The van der Waals surface area contributed by atoms with Gasteiger partial charge in [-0.3, -0.25) is 0 Å². The lowest BCUT2D eigenvalue weighted by Crippen LogP contribution is -2.03. The third kappa shape index (κ3) is 4.62. The standard InChI is InChI=1S/C25H25N11O/c1-13(2)15-9-10-20(30-19(15)12-26)31-21-11-18(22-25(32-21)28-14(3)27-22)29-17-8-6-7-16(23(17)37-5)24-33-35-36(4)34-24/h6-11,13H,1-5H3,(H3,27,28,29,30,31,32). The quantitative estimate of drug-likeness (QED) is 0.297. The fourth-order valence-corrected chi connectivity index (χ4v) is 4.06. The van der Waals surface area contributed by atoms with Crippen molar-refractivity contribution in [2.45, 2.75) is 26.7 Å². The van der Waals surface area contributed by atoms with Gasteiger partial charge in [-0.15, -0.1) is 10.2 Å². The molecular weight excluding hydrogens is 470 g/mol. The van der Waals surface area contributed by atoms with E-state index in [-0.39, 0.29) is 5.92 Å². The first-order valence-electron chi connectivity index (χ1n) is 11.6. The van der Waals surface area contributed by atoms with Crippen molar-refractivity contribution in [3.05, 3.63) is 53.5 Å². The van der Waals surface area contributed by atoms with Gasteiger partial charge < -0.3 is 20.4 Å². The van der Waals surface area contributed by atoms with Crippen molar-refractivity contribution in [1.29, 1.82) is 5.26 Å². The number of H-pyrrole nitrogens is 1. The predicted octanol–water partition coefficient (Wildman–Crippen LogP) is 4.34. The molecular formula is C25H25N11O. The highest BCUT2D eigenvalue weighted by molar-refractivity contribution is 5.92. The zero-order valence-electron chi connectivity index (χ0n) is 21.0. The van der Waals surface area contributed by atoms with E-state index >= 15 is 0 Å². The molecule has 12 nitrogen and oxygen atoms in total. The zero-order valence-corrected chi connectivity index (χ0v) is 21.0. The second-order valence-electron chi connectivity index (χ2n) is 8.71. The molecule has 12 heteroatoms. The number of anilines is 4. The van der Waals surface area contributed by atoms with Crippen LogP contribution in [0.3, 0.4) is 0 Å². The molecule has 0 atom stereocenters. The van der Waals surface area contributed by atoms with Gasteiger partial charge in [-0.05, 0) is 41.8 Å². The molecule has 0 saturated heterocycles. The van der Waals surface area contributed by atoms with Crippen molar-refractivity contribution >= 4 is 34.2 Å². The Bertz CT molecular complexity index is 1640. The number of aryl methyl sites for hydroxylation is 2. The Morgan fingerprint density at radius 3 is 2.59 bits per heavy atom. The number of tetrazole rings is 1. The summed E-state index contributed by atoms with van der Waals surface area (Å²) in [5.74, 6) is 2.97. The highest BCUT2D eigenvalue weighted by Crippen LogP contribution is 2.38. The van der Waals surface area contributed by atoms with Crippen LogP contribution in [0.5, 0.6) is 5.75 Å². The Balaban J connectivity index is 1.55. The minimum absolute atomic E-state index is 0.192. The van der Waals surface area contributed by atoms with Crippen LogP contribution in [0, 0.1) is 18.3 Å². The molecule has 0 unspecified atom stereocenters. The molecule has 3 N–H and O–H groups in total. The number of methoxy groups -OCH3 is 1. The van der Waals surface area contributed by atoms with Crippen LogP contribution in [0.2, 0.25) is 0 Å². The topological polar surface area (TPSA) is 155 Å². The van der Waals surface area contributed by atoms with E-state index in [1.54, 1.807) is 14.2 Å². The van der Waals surface area contributed by atoms with E-state index in [9.17, 15) is 5.26 Å². The Kier molecular flexibility index (Phi) is 6.10. The van der Waals surface area contributed by atoms with E-state index in [4.69, 9.17) is 4.74 Å². The molecule has 5 rings (SSSR count). The molecule has 0 bridgehead atoms. The second kappa shape index (κ2) is 9.54. The molecule has 0 saturated carbocycles. The number of pyridine rings is 2. The lowest BCUT2D eigenvalue weighted by molar-refractivity contribution is 0.418. The number of imidazole rings is 1. The minimum atomic E-state index is 0.192. The van der Waals surface area contributed by atoms with Crippen LogP contribution in [0.25, 0.3) is 22.6 Å². The van der Waals surface area contributed by atoms with Crippen molar-refractivity contribution < 1.29 is 4.74 Å². The van der Waals surface area contributed by atoms with E-state index in [0.717, 1.165) is 11.4 Å². The van der Waals surface area contributed by atoms with Crippen LogP contribution in [0.1, 0.15) is 36.8 Å². The molecule has 0 aliphatic carbocycles. The van der Waals surface area contributed by atoms with Crippen LogP contribution in [0.15, 0.2) is 36.4 Å². The molecule has 0 aliphatic heterocycles.